The van der Waals surface area contributed by atoms with Gasteiger partial charge in [0.1, 0.15) is 24.1 Å². The molecule has 0 aromatic heterocycles. The Morgan fingerprint density at radius 1 is 0.615 bits per heavy atom. The first-order chi connectivity index (χ1) is 18.9. The summed E-state index contributed by atoms with van der Waals surface area (Å²) in [6.07, 6.45) is -0.574. The van der Waals surface area contributed by atoms with Gasteiger partial charge in [0.15, 0.2) is 0 Å². The molecular weight excluding hydrogens is 496 g/mol. The number of halogens is 2. The second-order valence-electron chi connectivity index (χ2n) is 9.08. The van der Waals surface area contributed by atoms with Crippen LogP contribution in [0.25, 0.3) is 0 Å². The summed E-state index contributed by atoms with van der Waals surface area (Å²) < 4.78 is 43.6. The molecule has 9 heteroatoms. The first-order valence-corrected chi connectivity index (χ1v) is 12.7. The van der Waals surface area contributed by atoms with Crippen molar-refractivity contribution in [3.8, 4) is 0 Å². The van der Waals surface area contributed by atoms with Gasteiger partial charge in [-0.2, -0.15) is 0 Å². The van der Waals surface area contributed by atoms with Crippen molar-refractivity contribution in [1.29, 1.82) is 0 Å². The summed E-state index contributed by atoms with van der Waals surface area (Å²) >= 11 is 0. The summed E-state index contributed by atoms with van der Waals surface area (Å²) in [4.78, 5) is 0. The molecule has 0 saturated carbocycles. The number of hydrogen-bond donors (Lipinski definition) is 2. The van der Waals surface area contributed by atoms with Gasteiger partial charge in [-0.05, 0) is 73.5 Å². The van der Waals surface area contributed by atoms with Gasteiger partial charge in [0.25, 0.3) is 0 Å². The van der Waals surface area contributed by atoms with E-state index in [0.29, 0.717) is 13.2 Å². The van der Waals surface area contributed by atoms with Gasteiger partial charge < -0.3 is 24.7 Å². The Hall–Kier alpha value is -3.65. The molecule has 0 saturated heterocycles. The third kappa shape index (κ3) is 9.87. The molecule has 0 spiro atoms. The zero-order valence-corrected chi connectivity index (χ0v) is 21.9. The molecule has 4 aromatic rings. The van der Waals surface area contributed by atoms with Crippen molar-refractivity contribution < 1.29 is 22.8 Å². The first kappa shape index (κ1) is 28.4. The molecule has 0 aliphatic rings. The summed E-state index contributed by atoms with van der Waals surface area (Å²) in [6.45, 7) is 4.67. The molecule has 2 atom stereocenters. The topological polar surface area (TPSA) is 51.8 Å². The number of ether oxygens (including phenoxy) is 1. The number of anilines is 2. The van der Waals surface area contributed by atoms with Crippen LogP contribution in [0.2, 0.25) is 0 Å². The molecule has 5 nitrogen and oxygen atoms in total. The molecule has 0 aliphatic heterocycles. The van der Waals surface area contributed by atoms with Crippen molar-refractivity contribution in [2.45, 2.75) is 39.5 Å². The Kier molecular flexibility index (Phi) is 10.5. The summed E-state index contributed by atoms with van der Waals surface area (Å²) in [6, 6.07) is 28.2. The van der Waals surface area contributed by atoms with Crippen molar-refractivity contribution in [3.63, 3.8) is 0 Å². The highest BCUT2D eigenvalue weighted by Crippen LogP contribution is 2.11. The Balaban J connectivity index is 1.18. The van der Waals surface area contributed by atoms with E-state index in [0.717, 1.165) is 33.4 Å². The fraction of sp³-hybridized carbons (Fsp3) is 0.200. The van der Waals surface area contributed by atoms with E-state index in [1.807, 2.05) is 62.4 Å². The maximum absolute atomic E-state index is 13.1. The van der Waals surface area contributed by atoms with Crippen LogP contribution >= 0.6 is 0 Å². The van der Waals surface area contributed by atoms with Gasteiger partial charge in [0, 0.05) is 11.4 Å². The Morgan fingerprint density at radius 2 is 1.03 bits per heavy atom. The third-order valence-electron chi connectivity index (χ3n) is 5.68. The quantitative estimate of drug-likeness (QED) is 0.177. The molecule has 0 amide bonds. The maximum Gasteiger partial charge on any atom is 0.332 e. The molecule has 4 aromatic carbocycles. The normalized spacial score (nSPS) is 12.4. The lowest BCUT2D eigenvalue weighted by Gasteiger charge is -2.16. The Morgan fingerprint density at radius 3 is 1.44 bits per heavy atom. The predicted molar refractivity (Wildman–Crippen MR) is 153 cm³/mol. The van der Waals surface area contributed by atoms with Crippen molar-refractivity contribution in [2.24, 2.45) is 0 Å². The van der Waals surface area contributed by atoms with Crippen molar-refractivity contribution in [2.75, 3.05) is 10.6 Å². The van der Waals surface area contributed by atoms with Gasteiger partial charge in [-0.25, -0.2) is 8.78 Å². The molecule has 2 N–H and O–H groups in total. The van der Waals surface area contributed by atoms with Gasteiger partial charge in [-0.1, -0.05) is 59.5 Å². The summed E-state index contributed by atoms with van der Waals surface area (Å²) in [5.74, 6) is -0.552. The summed E-state index contributed by atoms with van der Waals surface area (Å²) in [5, 5.41) is 6.33. The van der Waals surface area contributed by atoms with E-state index >= 15 is 0 Å². The van der Waals surface area contributed by atoms with E-state index in [1.54, 1.807) is 39.2 Å². The minimum atomic E-state index is -0.287. The highest BCUT2D eigenvalue weighted by Gasteiger charge is 2.08. The Bertz CT molecular complexity index is 1210. The minimum absolute atomic E-state index is 0.276. The van der Waals surface area contributed by atoms with E-state index in [1.165, 1.54) is 24.3 Å². The lowest BCUT2D eigenvalue weighted by atomic mass is 9.87. The van der Waals surface area contributed by atoms with Crippen LogP contribution in [0, 0.1) is 11.6 Å². The van der Waals surface area contributed by atoms with Crippen LogP contribution in [0.15, 0.2) is 97.1 Å². The highest BCUT2D eigenvalue weighted by molar-refractivity contribution is 6.47. The fourth-order valence-corrected chi connectivity index (χ4v) is 3.79. The summed E-state index contributed by atoms with van der Waals surface area (Å²) in [7, 11) is 3.38. The van der Waals surface area contributed by atoms with Crippen molar-refractivity contribution in [1.82, 2.24) is 0 Å². The average Bonchev–Trinajstić information content (AvgIpc) is 2.94. The molecular formula is C30H30B2F2N2O3. The molecule has 2 radical (unpaired) electrons. The van der Waals surface area contributed by atoms with Crippen LogP contribution in [0.3, 0.4) is 0 Å². The van der Waals surface area contributed by atoms with E-state index in [4.69, 9.17) is 14.0 Å². The van der Waals surface area contributed by atoms with E-state index in [9.17, 15) is 8.78 Å². The first-order valence-electron chi connectivity index (χ1n) is 12.7. The second-order valence-corrected chi connectivity index (χ2v) is 9.08. The molecule has 198 valence electrons. The van der Waals surface area contributed by atoms with Crippen LogP contribution in [-0.2, 0) is 27.3 Å². The molecule has 0 heterocycles. The number of nitrogens with one attached hydrogen (secondary N) is 2. The van der Waals surface area contributed by atoms with E-state index in [2.05, 4.69) is 10.6 Å². The molecule has 0 fully saturated rings. The van der Waals surface area contributed by atoms with Crippen LogP contribution in [0.5, 0.6) is 0 Å². The minimum Gasteiger partial charge on any atom is -0.416 e. The lowest BCUT2D eigenvalue weighted by Crippen LogP contribution is -2.27. The number of benzene rings is 4. The fourth-order valence-electron chi connectivity index (χ4n) is 3.79. The molecule has 39 heavy (non-hydrogen) atoms. The highest BCUT2D eigenvalue weighted by atomic mass is 19.1. The monoisotopic (exact) mass is 526 g/mol. The third-order valence-corrected chi connectivity index (χ3v) is 5.68. The number of rotatable bonds is 14. The molecule has 0 bridgehead atoms. The number of hydrogen-bond acceptors (Lipinski definition) is 5. The standard InChI is InChI=1S/C30H30B2F2N2O3/c1-21(35-29-13-9-27(33)10-14-29)38-31-25-7-3-5-23(17-25)19-37-20-24-6-4-8-26(18-24)32-39-22(2)36-30-15-11-28(34)12-16-30/h3-18,21-22,35-36H,19-20H2,1-2H3. The zero-order chi connectivity index (χ0) is 27.5. The largest absolute Gasteiger partial charge is 0.416 e. The van der Waals surface area contributed by atoms with Gasteiger partial charge >= 0.3 is 15.0 Å². The maximum atomic E-state index is 13.1. The van der Waals surface area contributed by atoms with Crippen molar-refractivity contribution in [3.05, 3.63) is 120 Å². The lowest BCUT2D eigenvalue weighted by molar-refractivity contribution is 0.107. The SMILES string of the molecule is CC(Nc1ccc(F)cc1)O[B]c1cccc(COCc2cccc([B]OC(C)Nc3ccc(F)cc3)c2)c1. The van der Waals surface area contributed by atoms with Crippen LogP contribution in [0.1, 0.15) is 25.0 Å². The van der Waals surface area contributed by atoms with E-state index in [-0.39, 0.29) is 24.1 Å². The molecule has 0 aliphatic carbocycles. The van der Waals surface area contributed by atoms with Gasteiger partial charge in [0.05, 0.1) is 13.2 Å². The molecule has 2 unspecified atom stereocenters. The molecule has 4 rings (SSSR count). The second kappa shape index (κ2) is 14.5. The summed E-state index contributed by atoms with van der Waals surface area (Å²) in [5.41, 5.74) is 5.45. The van der Waals surface area contributed by atoms with E-state index < -0.39 is 0 Å². The van der Waals surface area contributed by atoms with Gasteiger partial charge in [-0.15, -0.1) is 0 Å². The average molecular weight is 526 g/mol. The van der Waals surface area contributed by atoms with Gasteiger partial charge in [-0.3, -0.25) is 0 Å². The zero-order valence-electron chi connectivity index (χ0n) is 21.9. The predicted octanol–water partition coefficient (Wildman–Crippen LogP) is 5.12. The van der Waals surface area contributed by atoms with Crippen LogP contribution in [0.4, 0.5) is 20.2 Å². The van der Waals surface area contributed by atoms with Crippen LogP contribution < -0.4 is 21.6 Å². The smallest absolute Gasteiger partial charge is 0.332 e. The van der Waals surface area contributed by atoms with Crippen LogP contribution in [-0.4, -0.2) is 27.4 Å². The Labute approximate surface area is 230 Å². The van der Waals surface area contributed by atoms with Gasteiger partial charge in [0.2, 0.25) is 0 Å². The van der Waals surface area contributed by atoms with Crippen molar-refractivity contribution >= 4 is 37.3 Å².